The zero-order valence-electron chi connectivity index (χ0n) is 12.5. The number of nitrogens with zero attached hydrogens (tertiary/aromatic N) is 1. The van der Waals surface area contributed by atoms with E-state index in [4.69, 9.17) is 21.1 Å². The number of ether oxygens (including phenoxy) is 2. The fourth-order valence-electron chi connectivity index (χ4n) is 2.35. The number of fused-ring (bicyclic) bond motifs is 1. The lowest BCUT2D eigenvalue weighted by atomic mass is 10.2. The van der Waals surface area contributed by atoms with E-state index in [1.807, 2.05) is 18.2 Å². The van der Waals surface area contributed by atoms with Gasteiger partial charge in [-0.3, -0.25) is 0 Å². The van der Waals surface area contributed by atoms with Crippen LogP contribution in [0.2, 0.25) is 5.02 Å². The van der Waals surface area contributed by atoms with Crippen LogP contribution in [0, 0.1) is 0 Å². The fourth-order valence-corrected chi connectivity index (χ4v) is 3.85. The van der Waals surface area contributed by atoms with Crippen LogP contribution in [-0.4, -0.2) is 39.0 Å². The van der Waals surface area contributed by atoms with E-state index in [0.29, 0.717) is 23.1 Å². The molecular formula is C16H16ClNO4S. The molecule has 0 N–H and O–H groups in total. The van der Waals surface area contributed by atoms with Crippen LogP contribution in [0.15, 0.2) is 53.4 Å². The van der Waals surface area contributed by atoms with Gasteiger partial charge in [0.25, 0.3) is 0 Å². The van der Waals surface area contributed by atoms with Crippen molar-refractivity contribution in [2.75, 3.05) is 20.2 Å². The van der Waals surface area contributed by atoms with Crippen LogP contribution >= 0.6 is 11.6 Å². The average Bonchev–Trinajstić information content (AvgIpc) is 2.54. The Bertz CT molecular complexity index is 809. The Morgan fingerprint density at radius 3 is 2.65 bits per heavy atom. The molecule has 0 fully saturated rings. The van der Waals surface area contributed by atoms with Crippen LogP contribution in [0.25, 0.3) is 0 Å². The highest BCUT2D eigenvalue weighted by atomic mass is 35.5. The molecule has 0 saturated carbocycles. The summed E-state index contributed by atoms with van der Waals surface area (Å²) < 4.78 is 37.8. The van der Waals surface area contributed by atoms with Crippen LogP contribution in [-0.2, 0) is 10.0 Å². The molecule has 1 aliphatic heterocycles. The predicted octanol–water partition coefficient (Wildman–Crippen LogP) is 2.80. The smallest absolute Gasteiger partial charge is 0.242 e. The molecule has 1 heterocycles. The minimum atomic E-state index is -3.62. The quantitative estimate of drug-likeness (QED) is 0.848. The van der Waals surface area contributed by atoms with Crippen molar-refractivity contribution in [3.8, 4) is 11.5 Å². The van der Waals surface area contributed by atoms with Gasteiger partial charge in [-0.1, -0.05) is 29.8 Å². The maximum atomic E-state index is 12.6. The van der Waals surface area contributed by atoms with Crippen molar-refractivity contribution in [3.05, 3.63) is 53.6 Å². The number of likely N-dealkylation sites (N-methyl/N-ethyl adjacent to an activating group) is 1. The number of rotatable bonds is 4. The lowest BCUT2D eigenvalue weighted by Crippen LogP contribution is -2.41. The zero-order valence-corrected chi connectivity index (χ0v) is 14.0. The Labute approximate surface area is 140 Å². The van der Waals surface area contributed by atoms with Gasteiger partial charge in [0.1, 0.15) is 12.7 Å². The van der Waals surface area contributed by atoms with Gasteiger partial charge >= 0.3 is 0 Å². The SMILES string of the molecule is CN(CC1COc2ccccc2O1)S(=O)(=O)c1cccc(Cl)c1. The first-order valence-corrected chi connectivity index (χ1v) is 8.89. The highest BCUT2D eigenvalue weighted by molar-refractivity contribution is 7.89. The standard InChI is InChI=1S/C16H16ClNO4S/c1-18(23(19,20)14-6-4-5-12(17)9-14)10-13-11-21-15-7-2-3-8-16(15)22-13/h2-9,13H,10-11H2,1H3. The van der Waals surface area contributed by atoms with Gasteiger partial charge in [-0.15, -0.1) is 0 Å². The molecule has 0 bridgehead atoms. The molecule has 0 spiro atoms. The number of halogens is 1. The largest absolute Gasteiger partial charge is 0.486 e. The number of benzene rings is 2. The van der Waals surface area contributed by atoms with Gasteiger partial charge in [-0.05, 0) is 30.3 Å². The Balaban J connectivity index is 1.73. The number of hydrogen-bond donors (Lipinski definition) is 0. The molecule has 0 aliphatic carbocycles. The number of para-hydroxylation sites is 2. The first kappa shape index (κ1) is 16.1. The van der Waals surface area contributed by atoms with Crippen molar-refractivity contribution >= 4 is 21.6 Å². The second-order valence-electron chi connectivity index (χ2n) is 5.24. The summed E-state index contributed by atoms with van der Waals surface area (Å²) in [4.78, 5) is 0.157. The fraction of sp³-hybridized carbons (Fsp3) is 0.250. The Kier molecular flexibility index (Phi) is 4.48. The van der Waals surface area contributed by atoms with Gasteiger partial charge in [-0.25, -0.2) is 8.42 Å². The summed E-state index contributed by atoms with van der Waals surface area (Å²) in [6.45, 7) is 0.482. The summed E-state index contributed by atoms with van der Waals surface area (Å²) in [6.07, 6.45) is -0.371. The molecule has 23 heavy (non-hydrogen) atoms. The van der Waals surface area contributed by atoms with Crippen molar-refractivity contribution in [2.24, 2.45) is 0 Å². The summed E-state index contributed by atoms with van der Waals surface area (Å²) in [7, 11) is -2.11. The van der Waals surface area contributed by atoms with Gasteiger partial charge < -0.3 is 9.47 Å². The summed E-state index contributed by atoms with van der Waals surface area (Å²) in [5, 5.41) is 0.380. The predicted molar refractivity (Wildman–Crippen MR) is 87.6 cm³/mol. The molecule has 7 heteroatoms. The summed E-state index contributed by atoms with van der Waals surface area (Å²) in [5.74, 6) is 1.29. The van der Waals surface area contributed by atoms with Crippen molar-refractivity contribution in [3.63, 3.8) is 0 Å². The second-order valence-corrected chi connectivity index (χ2v) is 7.72. The van der Waals surface area contributed by atoms with E-state index in [0.717, 1.165) is 0 Å². The molecular weight excluding hydrogens is 338 g/mol. The third-order valence-corrected chi connectivity index (χ3v) is 5.59. The zero-order chi connectivity index (χ0) is 16.4. The van der Waals surface area contributed by atoms with Crippen molar-refractivity contribution in [1.29, 1.82) is 0 Å². The molecule has 1 aliphatic rings. The average molecular weight is 354 g/mol. The highest BCUT2D eigenvalue weighted by Gasteiger charge is 2.28. The molecule has 2 aromatic rings. The minimum absolute atomic E-state index is 0.157. The van der Waals surface area contributed by atoms with E-state index < -0.39 is 10.0 Å². The van der Waals surface area contributed by atoms with Crippen LogP contribution in [0.4, 0.5) is 0 Å². The van der Waals surface area contributed by atoms with E-state index in [1.165, 1.54) is 23.5 Å². The van der Waals surface area contributed by atoms with Crippen molar-refractivity contribution in [1.82, 2.24) is 4.31 Å². The van der Waals surface area contributed by atoms with E-state index in [2.05, 4.69) is 0 Å². The molecule has 0 amide bonds. The summed E-state index contributed by atoms with van der Waals surface area (Å²) >= 11 is 5.88. The van der Waals surface area contributed by atoms with Crippen LogP contribution in [0.3, 0.4) is 0 Å². The Hall–Kier alpha value is -1.76. The number of sulfonamides is 1. The van der Waals surface area contributed by atoms with Crippen LogP contribution in [0.5, 0.6) is 11.5 Å². The minimum Gasteiger partial charge on any atom is -0.486 e. The summed E-state index contributed by atoms with van der Waals surface area (Å²) in [5.41, 5.74) is 0. The van der Waals surface area contributed by atoms with E-state index in [1.54, 1.807) is 18.2 Å². The third kappa shape index (κ3) is 3.44. The molecule has 0 aromatic heterocycles. The lowest BCUT2D eigenvalue weighted by Gasteiger charge is -2.29. The van der Waals surface area contributed by atoms with E-state index >= 15 is 0 Å². The molecule has 5 nitrogen and oxygen atoms in total. The highest BCUT2D eigenvalue weighted by Crippen LogP contribution is 2.31. The maximum Gasteiger partial charge on any atom is 0.242 e. The maximum absolute atomic E-state index is 12.6. The molecule has 2 aromatic carbocycles. The molecule has 1 unspecified atom stereocenters. The molecule has 0 radical (unpaired) electrons. The topological polar surface area (TPSA) is 55.8 Å². The third-order valence-electron chi connectivity index (χ3n) is 3.53. The first-order valence-electron chi connectivity index (χ1n) is 7.07. The van der Waals surface area contributed by atoms with Gasteiger partial charge in [0.15, 0.2) is 11.5 Å². The van der Waals surface area contributed by atoms with Crippen LogP contribution in [0.1, 0.15) is 0 Å². The van der Waals surface area contributed by atoms with Crippen molar-refractivity contribution < 1.29 is 17.9 Å². The molecule has 3 rings (SSSR count). The first-order chi connectivity index (χ1) is 11.0. The summed E-state index contributed by atoms with van der Waals surface area (Å²) in [6, 6.07) is 13.5. The van der Waals surface area contributed by atoms with E-state index in [-0.39, 0.29) is 17.5 Å². The van der Waals surface area contributed by atoms with Crippen molar-refractivity contribution in [2.45, 2.75) is 11.0 Å². The normalized spacial score (nSPS) is 17.3. The molecule has 122 valence electrons. The molecule has 0 saturated heterocycles. The lowest BCUT2D eigenvalue weighted by molar-refractivity contribution is 0.0798. The Morgan fingerprint density at radius 2 is 1.91 bits per heavy atom. The second kappa shape index (κ2) is 6.39. The monoisotopic (exact) mass is 353 g/mol. The van der Waals surface area contributed by atoms with Gasteiger partial charge in [0, 0.05) is 12.1 Å². The Morgan fingerprint density at radius 1 is 1.17 bits per heavy atom. The molecule has 1 atom stereocenters. The number of hydrogen-bond acceptors (Lipinski definition) is 4. The van der Waals surface area contributed by atoms with Gasteiger partial charge in [0.05, 0.1) is 11.4 Å². The van der Waals surface area contributed by atoms with E-state index in [9.17, 15) is 8.42 Å². The van der Waals surface area contributed by atoms with Crippen LogP contribution < -0.4 is 9.47 Å². The van der Waals surface area contributed by atoms with Gasteiger partial charge in [0.2, 0.25) is 10.0 Å². The van der Waals surface area contributed by atoms with Gasteiger partial charge in [-0.2, -0.15) is 4.31 Å².